The molecule has 1 heterocycles. The van der Waals surface area contributed by atoms with E-state index >= 15 is 0 Å². The zero-order chi connectivity index (χ0) is 9.68. The van der Waals surface area contributed by atoms with Crippen molar-refractivity contribution < 1.29 is 9.62 Å². The summed E-state index contributed by atoms with van der Waals surface area (Å²) < 4.78 is 5.19. The number of halogens is 1. The molecule has 1 aromatic rings. The van der Waals surface area contributed by atoms with Crippen LogP contribution in [0.2, 0.25) is 0 Å². The van der Waals surface area contributed by atoms with Crippen LogP contribution in [0.4, 0.5) is 0 Å². The van der Waals surface area contributed by atoms with Gasteiger partial charge in [-0.3, -0.25) is 0 Å². The molecule has 1 atom stereocenters. The Hall–Kier alpha value is -0.960. The molecule has 0 aliphatic carbocycles. The quantitative estimate of drug-likeness (QED) is 0.462. The first-order chi connectivity index (χ1) is 6.29. The van der Waals surface area contributed by atoms with E-state index in [1.54, 1.807) is 12.3 Å². The van der Waals surface area contributed by atoms with Crippen molar-refractivity contribution in [2.75, 3.05) is 0 Å². The lowest BCUT2D eigenvalue weighted by molar-refractivity contribution is 0.317. The van der Waals surface area contributed by atoms with Crippen molar-refractivity contribution in [1.29, 1.82) is 0 Å². The summed E-state index contributed by atoms with van der Waals surface area (Å²) in [6.45, 7) is 2.04. The second kappa shape index (κ2) is 4.92. The van der Waals surface area contributed by atoms with Crippen LogP contribution in [-0.2, 0) is 0 Å². The van der Waals surface area contributed by atoms with E-state index in [0.29, 0.717) is 0 Å². The van der Waals surface area contributed by atoms with Gasteiger partial charge >= 0.3 is 0 Å². The van der Waals surface area contributed by atoms with Crippen LogP contribution in [0.25, 0.3) is 0 Å². The Morgan fingerprint density at radius 1 is 1.77 bits per heavy atom. The number of hydrogen-bond acceptors (Lipinski definition) is 3. The van der Waals surface area contributed by atoms with Crippen LogP contribution in [-0.4, -0.2) is 10.4 Å². The first-order valence-electron chi connectivity index (χ1n) is 4.20. The summed E-state index contributed by atoms with van der Waals surface area (Å²) in [5, 5.41) is 11.7. The molecule has 1 unspecified atom stereocenters. The summed E-state index contributed by atoms with van der Waals surface area (Å²) >= 11 is 5.74. The first kappa shape index (κ1) is 10.1. The lowest BCUT2D eigenvalue weighted by Gasteiger charge is -2.09. The smallest absolute Gasteiger partial charge is 0.155 e. The molecule has 13 heavy (non-hydrogen) atoms. The molecule has 0 fully saturated rings. The summed E-state index contributed by atoms with van der Waals surface area (Å²) in [6.07, 6.45) is 3.35. The molecule has 3 nitrogen and oxygen atoms in total. The molecule has 72 valence electrons. The van der Waals surface area contributed by atoms with Gasteiger partial charge in [0.05, 0.1) is 12.2 Å². The van der Waals surface area contributed by atoms with Crippen LogP contribution < -0.4 is 0 Å². The van der Waals surface area contributed by atoms with Crippen molar-refractivity contribution in [1.82, 2.24) is 0 Å². The molecule has 0 spiro atoms. The lowest BCUT2D eigenvalue weighted by atomic mass is 10.0. The van der Waals surface area contributed by atoms with Crippen molar-refractivity contribution in [3.63, 3.8) is 0 Å². The fourth-order valence-corrected chi connectivity index (χ4v) is 1.44. The molecule has 4 heteroatoms. The van der Waals surface area contributed by atoms with E-state index in [1.807, 2.05) is 13.0 Å². The van der Waals surface area contributed by atoms with Crippen molar-refractivity contribution in [2.45, 2.75) is 25.7 Å². The van der Waals surface area contributed by atoms with E-state index < -0.39 is 0 Å². The number of nitrogens with zero attached hydrogens (tertiary/aromatic N) is 1. The Labute approximate surface area is 82.0 Å². The van der Waals surface area contributed by atoms with E-state index in [-0.39, 0.29) is 11.1 Å². The molecular formula is C9H12ClNO2. The number of rotatable bonds is 4. The highest BCUT2D eigenvalue weighted by Gasteiger charge is 2.18. The third-order valence-corrected chi connectivity index (χ3v) is 2.19. The van der Waals surface area contributed by atoms with Crippen molar-refractivity contribution in [3.05, 3.63) is 24.2 Å². The van der Waals surface area contributed by atoms with E-state index in [1.165, 1.54) is 0 Å². The largest absolute Gasteiger partial charge is 0.469 e. The molecule has 0 aromatic carbocycles. The van der Waals surface area contributed by atoms with Crippen LogP contribution in [0.15, 0.2) is 28.0 Å². The third kappa shape index (κ3) is 2.49. The average molecular weight is 202 g/mol. The van der Waals surface area contributed by atoms with Gasteiger partial charge in [-0.2, -0.15) is 0 Å². The summed E-state index contributed by atoms with van der Waals surface area (Å²) in [4.78, 5) is 0. The lowest BCUT2D eigenvalue weighted by Crippen LogP contribution is -2.05. The van der Waals surface area contributed by atoms with Gasteiger partial charge in [0.15, 0.2) is 5.17 Å². The van der Waals surface area contributed by atoms with Crippen molar-refractivity contribution >= 4 is 16.8 Å². The van der Waals surface area contributed by atoms with E-state index in [9.17, 15) is 0 Å². The predicted octanol–water partition coefficient (Wildman–Crippen LogP) is 3.19. The first-order valence-corrected chi connectivity index (χ1v) is 4.58. The number of furan rings is 1. The highest BCUT2D eigenvalue weighted by atomic mass is 35.5. The second-order valence-electron chi connectivity index (χ2n) is 2.78. The van der Waals surface area contributed by atoms with Crippen LogP contribution >= 0.6 is 11.6 Å². The Morgan fingerprint density at radius 3 is 3.00 bits per heavy atom. The molecular weight excluding hydrogens is 190 g/mol. The molecule has 0 saturated carbocycles. The fourth-order valence-electron chi connectivity index (χ4n) is 1.23. The Balaban J connectivity index is 2.80. The fraction of sp³-hybridized carbons (Fsp3) is 0.444. The minimum Gasteiger partial charge on any atom is -0.469 e. The number of oxime groups is 1. The van der Waals surface area contributed by atoms with E-state index in [2.05, 4.69) is 5.16 Å². The maximum atomic E-state index is 8.54. The second-order valence-corrected chi connectivity index (χ2v) is 3.17. The minimum atomic E-state index is -0.119. The molecule has 0 saturated heterocycles. The Kier molecular flexibility index (Phi) is 3.83. The van der Waals surface area contributed by atoms with Gasteiger partial charge in [-0.05, 0) is 18.6 Å². The molecule has 0 radical (unpaired) electrons. The topological polar surface area (TPSA) is 45.7 Å². The zero-order valence-electron chi connectivity index (χ0n) is 7.40. The highest BCUT2D eigenvalue weighted by Crippen LogP contribution is 2.24. The summed E-state index contributed by atoms with van der Waals surface area (Å²) in [6, 6.07) is 3.62. The van der Waals surface area contributed by atoms with Crippen molar-refractivity contribution in [3.8, 4) is 0 Å². The average Bonchev–Trinajstić information content (AvgIpc) is 2.65. The van der Waals surface area contributed by atoms with Crippen LogP contribution in [0.3, 0.4) is 0 Å². The molecule has 0 aliphatic rings. The van der Waals surface area contributed by atoms with Gasteiger partial charge in [-0.25, -0.2) is 0 Å². The van der Waals surface area contributed by atoms with Crippen molar-refractivity contribution in [2.24, 2.45) is 5.16 Å². The monoisotopic (exact) mass is 201 g/mol. The Morgan fingerprint density at radius 2 is 2.54 bits per heavy atom. The van der Waals surface area contributed by atoms with Gasteiger partial charge in [0.2, 0.25) is 0 Å². The van der Waals surface area contributed by atoms with Crippen LogP contribution in [0, 0.1) is 0 Å². The standard InChI is InChI=1S/C9H12ClNO2/c1-2-4-7(9(10)11-12)8-5-3-6-13-8/h3,5-7,12H,2,4H2,1H3/b11-9-. The van der Waals surface area contributed by atoms with Gasteiger partial charge in [-0.1, -0.05) is 30.1 Å². The zero-order valence-corrected chi connectivity index (χ0v) is 8.16. The summed E-state index contributed by atoms with van der Waals surface area (Å²) in [5.74, 6) is 0.622. The minimum absolute atomic E-state index is 0.119. The molecule has 1 aromatic heterocycles. The molecule has 1 N–H and O–H groups in total. The summed E-state index contributed by atoms with van der Waals surface area (Å²) in [5.41, 5.74) is 0. The van der Waals surface area contributed by atoms with Gasteiger partial charge < -0.3 is 9.62 Å². The van der Waals surface area contributed by atoms with Crippen LogP contribution in [0.1, 0.15) is 31.4 Å². The third-order valence-electron chi connectivity index (χ3n) is 1.85. The molecule has 1 rings (SSSR count). The molecule has 0 aliphatic heterocycles. The maximum absolute atomic E-state index is 8.54. The maximum Gasteiger partial charge on any atom is 0.155 e. The summed E-state index contributed by atoms with van der Waals surface area (Å²) in [7, 11) is 0. The van der Waals surface area contributed by atoms with E-state index in [0.717, 1.165) is 18.6 Å². The molecule has 0 amide bonds. The van der Waals surface area contributed by atoms with E-state index in [4.69, 9.17) is 21.2 Å². The highest BCUT2D eigenvalue weighted by molar-refractivity contribution is 6.66. The Bertz CT molecular complexity index is 269. The SMILES string of the molecule is CCCC(/C(Cl)=N/O)c1ccco1. The van der Waals surface area contributed by atoms with Gasteiger partial charge in [0.25, 0.3) is 0 Å². The van der Waals surface area contributed by atoms with Gasteiger partial charge in [0.1, 0.15) is 5.76 Å². The van der Waals surface area contributed by atoms with Gasteiger partial charge in [-0.15, -0.1) is 0 Å². The number of hydrogen-bond donors (Lipinski definition) is 1. The predicted molar refractivity (Wildman–Crippen MR) is 51.4 cm³/mol. The van der Waals surface area contributed by atoms with Gasteiger partial charge in [0, 0.05) is 0 Å². The van der Waals surface area contributed by atoms with Crippen LogP contribution in [0.5, 0.6) is 0 Å². The normalized spacial score (nSPS) is 14.5. The molecule has 0 bridgehead atoms.